The fraction of sp³-hybridized carbons (Fsp3) is 0.267. The molecule has 3 rings (SSSR count). The first-order valence-corrected chi connectivity index (χ1v) is 7.92. The molecule has 0 atom stereocenters. The lowest BCUT2D eigenvalue weighted by molar-refractivity contribution is 0.0526. The van der Waals surface area contributed by atoms with Gasteiger partial charge in [0.15, 0.2) is 5.65 Å². The molecule has 0 amide bonds. The zero-order chi connectivity index (χ0) is 15.7. The van der Waals surface area contributed by atoms with Crippen LogP contribution in [0, 0.1) is 0 Å². The van der Waals surface area contributed by atoms with Crippen molar-refractivity contribution in [1.29, 1.82) is 0 Å². The van der Waals surface area contributed by atoms with Crippen LogP contribution in [0.2, 0.25) is 0 Å². The minimum Gasteiger partial charge on any atom is -0.462 e. The van der Waals surface area contributed by atoms with Gasteiger partial charge in [-0.3, -0.25) is 0 Å². The number of esters is 1. The predicted octanol–water partition coefficient (Wildman–Crippen LogP) is 2.78. The number of nitrogen functional groups attached to an aromatic ring is 1. The Kier molecular flexibility index (Phi) is 3.81. The molecule has 0 aliphatic heterocycles. The fourth-order valence-corrected chi connectivity index (χ4v) is 3.12. The first-order chi connectivity index (χ1) is 10.7. The summed E-state index contributed by atoms with van der Waals surface area (Å²) >= 11 is 1.62. The Bertz CT molecular complexity index is 824. The molecule has 114 valence electrons. The molecule has 6 nitrogen and oxygen atoms in total. The van der Waals surface area contributed by atoms with Crippen LogP contribution in [-0.2, 0) is 11.2 Å². The maximum Gasteiger partial charge on any atom is 0.343 e. The molecule has 3 heterocycles. The van der Waals surface area contributed by atoms with Crippen LogP contribution < -0.4 is 5.73 Å². The van der Waals surface area contributed by atoms with Gasteiger partial charge in [-0.05, 0) is 24.8 Å². The number of ether oxygens (including phenoxy) is 1. The largest absolute Gasteiger partial charge is 0.462 e. The number of thiophene rings is 1. The monoisotopic (exact) mass is 316 g/mol. The van der Waals surface area contributed by atoms with Crippen molar-refractivity contribution in [1.82, 2.24) is 14.6 Å². The molecule has 0 aliphatic carbocycles. The van der Waals surface area contributed by atoms with Gasteiger partial charge in [-0.25, -0.2) is 9.78 Å². The lowest BCUT2D eigenvalue weighted by atomic mass is 10.1. The molecule has 0 radical (unpaired) electrons. The lowest BCUT2D eigenvalue weighted by Gasteiger charge is -2.06. The third-order valence-corrected chi connectivity index (χ3v) is 4.24. The van der Waals surface area contributed by atoms with Gasteiger partial charge < -0.3 is 10.5 Å². The molecule has 0 spiro atoms. The second-order valence-electron chi connectivity index (χ2n) is 4.67. The van der Waals surface area contributed by atoms with Crippen LogP contribution in [0.15, 0.2) is 23.7 Å². The molecular weight excluding hydrogens is 300 g/mol. The van der Waals surface area contributed by atoms with Gasteiger partial charge >= 0.3 is 5.97 Å². The molecule has 0 fully saturated rings. The Morgan fingerprint density at radius 1 is 1.45 bits per heavy atom. The number of carbonyl (C=O) groups is 1. The van der Waals surface area contributed by atoms with Crippen LogP contribution in [0.5, 0.6) is 0 Å². The summed E-state index contributed by atoms with van der Waals surface area (Å²) < 4.78 is 6.52. The first kappa shape index (κ1) is 14.5. The topological polar surface area (TPSA) is 82.5 Å². The molecule has 3 aromatic rings. The van der Waals surface area contributed by atoms with Crippen LogP contribution >= 0.6 is 11.3 Å². The van der Waals surface area contributed by atoms with E-state index in [9.17, 15) is 4.79 Å². The highest BCUT2D eigenvalue weighted by Gasteiger charge is 2.21. The molecular formula is C15H16N4O2S. The van der Waals surface area contributed by atoms with Gasteiger partial charge in [0.05, 0.1) is 17.9 Å². The number of nitrogens with zero attached hydrogens (tertiary/aromatic N) is 3. The highest BCUT2D eigenvalue weighted by Crippen LogP contribution is 2.32. The molecule has 3 aromatic heterocycles. The lowest BCUT2D eigenvalue weighted by Crippen LogP contribution is -2.12. The van der Waals surface area contributed by atoms with Gasteiger partial charge in [0, 0.05) is 11.1 Å². The molecule has 0 saturated carbocycles. The van der Waals surface area contributed by atoms with Crippen molar-refractivity contribution in [3.05, 3.63) is 35.0 Å². The SMILES string of the molecule is CCOC(=O)c1cnc2c(-c3cccs3)c(CC)nn2c1N. The van der Waals surface area contributed by atoms with E-state index in [2.05, 4.69) is 10.1 Å². The number of fused-ring (bicyclic) bond motifs is 1. The van der Waals surface area contributed by atoms with E-state index in [0.29, 0.717) is 5.65 Å². The van der Waals surface area contributed by atoms with Crippen molar-refractivity contribution in [2.24, 2.45) is 0 Å². The maximum atomic E-state index is 11.9. The summed E-state index contributed by atoms with van der Waals surface area (Å²) in [5, 5.41) is 6.53. The smallest absolute Gasteiger partial charge is 0.343 e. The van der Waals surface area contributed by atoms with E-state index in [-0.39, 0.29) is 18.0 Å². The van der Waals surface area contributed by atoms with Crippen LogP contribution in [0.1, 0.15) is 29.9 Å². The average Bonchev–Trinajstić information content (AvgIpc) is 3.14. The summed E-state index contributed by atoms with van der Waals surface area (Å²) in [5.41, 5.74) is 8.87. The van der Waals surface area contributed by atoms with E-state index >= 15 is 0 Å². The molecule has 0 saturated heterocycles. The van der Waals surface area contributed by atoms with Crippen molar-refractivity contribution in [2.75, 3.05) is 12.3 Å². The number of nitrogens with two attached hydrogens (primary N) is 1. The standard InChI is InChI=1S/C15H16N4O2S/c1-3-10-12(11-6-5-7-22-11)14-17-8-9(15(20)21-4-2)13(16)19(14)18-10/h5-8H,3-4,16H2,1-2H3. The molecule has 2 N–H and O–H groups in total. The zero-order valence-corrected chi connectivity index (χ0v) is 13.2. The molecule has 0 bridgehead atoms. The number of aryl methyl sites for hydroxylation is 1. The predicted molar refractivity (Wildman–Crippen MR) is 86.0 cm³/mol. The highest BCUT2D eigenvalue weighted by atomic mass is 32.1. The van der Waals surface area contributed by atoms with Crippen LogP contribution in [0.3, 0.4) is 0 Å². The molecule has 0 aromatic carbocycles. The number of rotatable bonds is 4. The summed E-state index contributed by atoms with van der Waals surface area (Å²) in [4.78, 5) is 17.4. The third-order valence-electron chi connectivity index (χ3n) is 3.35. The molecule has 7 heteroatoms. The van der Waals surface area contributed by atoms with Gasteiger partial charge in [-0.2, -0.15) is 9.61 Å². The Hall–Kier alpha value is -2.41. The number of aromatic nitrogens is 3. The number of hydrogen-bond donors (Lipinski definition) is 1. The summed E-state index contributed by atoms with van der Waals surface area (Å²) in [7, 11) is 0. The Morgan fingerprint density at radius 3 is 2.91 bits per heavy atom. The summed E-state index contributed by atoms with van der Waals surface area (Å²) in [5.74, 6) is -0.235. The average molecular weight is 316 g/mol. The van der Waals surface area contributed by atoms with E-state index in [0.717, 1.165) is 22.6 Å². The van der Waals surface area contributed by atoms with Gasteiger partial charge in [0.2, 0.25) is 0 Å². The zero-order valence-electron chi connectivity index (χ0n) is 12.4. The number of hydrogen-bond acceptors (Lipinski definition) is 6. The Labute approximate surface area is 131 Å². The minimum absolute atomic E-state index is 0.234. The van der Waals surface area contributed by atoms with E-state index in [4.69, 9.17) is 10.5 Å². The second-order valence-corrected chi connectivity index (χ2v) is 5.61. The van der Waals surface area contributed by atoms with Crippen LogP contribution in [0.4, 0.5) is 5.82 Å². The number of carbonyl (C=O) groups excluding carboxylic acids is 1. The van der Waals surface area contributed by atoms with Gasteiger partial charge in [0.25, 0.3) is 0 Å². The molecule has 0 aliphatic rings. The van der Waals surface area contributed by atoms with Gasteiger partial charge in [0.1, 0.15) is 11.4 Å². The summed E-state index contributed by atoms with van der Waals surface area (Å²) in [6, 6.07) is 4.01. The molecule has 22 heavy (non-hydrogen) atoms. The van der Waals surface area contributed by atoms with Crippen molar-refractivity contribution in [3.63, 3.8) is 0 Å². The van der Waals surface area contributed by atoms with Gasteiger partial charge in [-0.1, -0.05) is 13.0 Å². The Balaban J connectivity index is 2.23. The van der Waals surface area contributed by atoms with Gasteiger partial charge in [-0.15, -0.1) is 11.3 Å². The van der Waals surface area contributed by atoms with Crippen molar-refractivity contribution < 1.29 is 9.53 Å². The fourth-order valence-electron chi connectivity index (χ4n) is 2.33. The van der Waals surface area contributed by atoms with Crippen LogP contribution in [0.25, 0.3) is 16.1 Å². The summed E-state index contributed by atoms with van der Waals surface area (Å²) in [6.45, 7) is 4.06. The maximum absolute atomic E-state index is 11.9. The molecule has 0 unspecified atom stereocenters. The third kappa shape index (κ3) is 2.23. The Morgan fingerprint density at radius 2 is 2.27 bits per heavy atom. The quantitative estimate of drug-likeness (QED) is 0.748. The minimum atomic E-state index is -0.486. The van der Waals surface area contributed by atoms with Crippen LogP contribution in [-0.4, -0.2) is 27.2 Å². The van der Waals surface area contributed by atoms with Crippen molar-refractivity contribution in [2.45, 2.75) is 20.3 Å². The first-order valence-electron chi connectivity index (χ1n) is 7.04. The second kappa shape index (κ2) is 5.76. The van der Waals surface area contributed by atoms with E-state index in [1.54, 1.807) is 18.3 Å². The van der Waals surface area contributed by atoms with Crippen molar-refractivity contribution >= 4 is 28.8 Å². The summed E-state index contributed by atoms with van der Waals surface area (Å²) in [6.07, 6.45) is 2.21. The highest BCUT2D eigenvalue weighted by molar-refractivity contribution is 7.13. The van der Waals surface area contributed by atoms with E-state index in [1.807, 2.05) is 24.4 Å². The van der Waals surface area contributed by atoms with Crippen molar-refractivity contribution in [3.8, 4) is 10.4 Å². The van der Waals surface area contributed by atoms with E-state index < -0.39 is 5.97 Å². The normalized spacial score (nSPS) is 11.0. The number of anilines is 1. The van der Waals surface area contributed by atoms with E-state index in [1.165, 1.54) is 10.7 Å².